The largest absolute Gasteiger partial charge is 0.391 e. The first-order chi connectivity index (χ1) is 15.7. The van der Waals surface area contributed by atoms with Crippen molar-refractivity contribution in [3.63, 3.8) is 0 Å². The number of aliphatic hydroxyl groups excluding tert-OH is 2. The summed E-state index contributed by atoms with van der Waals surface area (Å²) in [6.45, 7) is 10.5. The Bertz CT molecular complexity index is 742. The second-order valence-corrected chi connectivity index (χ2v) is 12.8. The molecule has 1 heterocycles. The van der Waals surface area contributed by atoms with Crippen LogP contribution in [0.25, 0.3) is 0 Å². The fraction of sp³-hybridized carbons (Fsp3) is 0.963. The van der Waals surface area contributed by atoms with Crippen LogP contribution < -0.4 is 5.73 Å². The van der Waals surface area contributed by atoms with Crippen molar-refractivity contribution in [1.82, 2.24) is 4.90 Å². The van der Waals surface area contributed by atoms with Crippen molar-refractivity contribution in [2.75, 3.05) is 26.3 Å². The molecule has 1 amide bonds. The van der Waals surface area contributed by atoms with Gasteiger partial charge in [0.2, 0.25) is 5.91 Å². The van der Waals surface area contributed by atoms with Gasteiger partial charge in [-0.1, -0.05) is 20.8 Å². The van der Waals surface area contributed by atoms with E-state index in [1.807, 2.05) is 6.92 Å². The van der Waals surface area contributed by atoms with E-state index in [9.17, 15) is 15.0 Å². The molecule has 4 N–H and O–H groups in total. The molecule has 6 nitrogen and oxygen atoms in total. The highest BCUT2D eigenvalue weighted by atomic mass is 16.5. The van der Waals surface area contributed by atoms with Crippen LogP contribution in [-0.2, 0) is 9.53 Å². The lowest BCUT2D eigenvalue weighted by Gasteiger charge is -2.63. The number of primary amides is 1. The number of amides is 1. The number of aliphatic hydroxyl groups is 2. The predicted octanol–water partition coefficient (Wildman–Crippen LogP) is 2.80. The summed E-state index contributed by atoms with van der Waals surface area (Å²) in [6, 6.07) is 0.268. The number of carbonyl (C=O) groups is 1. The van der Waals surface area contributed by atoms with E-state index >= 15 is 0 Å². The summed E-state index contributed by atoms with van der Waals surface area (Å²) in [5, 5.41) is 21.6. The fourth-order valence-corrected chi connectivity index (χ4v) is 9.94. The summed E-state index contributed by atoms with van der Waals surface area (Å²) in [7, 11) is 0. The molecule has 11 atom stereocenters. The van der Waals surface area contributed by atoms with Crippen LogP contribution in [0.2, 0.25) is 0 Å². The third kappa shape index (κ3) is 3.78. The van der Waals surface area contributed by atoms with Gasteiger partial charge in [-0.3, -0.25) is 9.69 Å². The number of nitrogens with zero attached hydrogens (tertiary/aromatic N) is 1. The molecule has 5 rings (SSSR count). The summed E-state index contributed by atoms with van der Waals surface area (Å²) in [5.74, 6) is 2.47. The molecule has 0 radical (unpaired) electrons. The maximum Gasteiger partial charge on any atom is 0.246 e. The van der Waals surface area contributed by atoms with E-state index in [0.717, 1.165) is 57.4 Å². The van der Waals surface area contributed by atoms with E-state index < -0.39 is 12.0 Å². The molecule has 0 spiro atoms. The van der Waals surface area contributed by atoms with Crippen molar-refractivity contribution in [2.45, 2.75) is 90.4 Å². The first-order valence-corrected chi connectivity index (χ1v) is 13.6. The van der Waals surface area contributed by atoms with E-state index in [4.69, 9.17) is 10.5 Å². The minimum absolute atomic E-state index is 0.0727. The molecule has 0 aromatic carbocycles. The van der Waals surface area contributed by atoms with Crippen LogP contribution in [0.1, 0.15) is 72.1 Å². The molecular formula is C27H46N2O4. The number of hydrogen-bond donors (Lipinski definition) is 3. The molecule has 5 unspecified atom stereocenters. The first-order valence-electron chi connectivity index (χ1n) is 13.6. The van der Waals surface area contributed by atoms with Crippen LogP contribution in [0.5, 0.6) is 0 Å². The van der Waals surface area contributed by atoms with Crippen molar-refractivity contribution in [2.24, 2.45) is 52.1 Å². The van der Waals surface area contributed by atoms with E-state index in [1.165, 1.54) is 32.1 Å². The third-order valence-electron chi connectivity index (χ3n) is 11.7. The molecule has 5 aliphatic rings. The van der Waals surface area contributed by atoms with E-state index in [-0.39, 0.29) is 23.5 Å². The van der Waals surface area contributed by atoms with E-state index in [1.54, 1.807) is 0 Å². The highest BCUT2D eigenvalue weighted by molar-refractivity contribution is 5.78. The number of fused-ring (bicyclic) bond motifs is 5. The second kappa shape index (κ2) is 8.76. The number of carbonyl (C=O) groups excluding carboxylic acids is 1. The van der Waals surface area contributed by atoms with Crippen LogP contribution in [0.3, 0.4) is 0 Å². The Hall–Kier alpha value is -0.690. The van der Waals surface area contributed by atoms with Crippen molar-refractivity contribution < 1.29 is 19.7 Å². The Morgan fingerprint density at radius 3 is 2.45 bits per heavy atom. The lowest BCUT2D eigenvalue weighted by atomic mass is 9.44. The van der Waals surface area contributed by atoms with Crippen molar-refractivity contribution in [3.05, 3.63) is 0 Å². The average Bonchev–Trinajstić information content (AvgIpc) is 3.16. The predicted molar refractivity (Wildman–Crippen MR) is 127 cm³/mol. The van der Waals surface area contributed by atoms with Crippen molar-refractivity contribution in [1.29, 1.82) is 0 Å². The van der Waals surface area contributed by atoms with Crippen LogP contribution in [-0.4, -0.2) is 65.6 Å². The first kappa shape index (κ1) is 24.0. The molecule has 33 heavy (non-hydrogen) atoms. The van der Waals surface area contributed by atoms with Gasteiger partial charge >= 0.3 is 0 Å². The molecule has 6 heteroatoms. The van der Waals surface area contributed by atoms with Crippen molar-refractivity contribution in [3.8, 4) is 0 Å². The molecule has 0 aromatic heterocycles. The van der Waals surface area contributed by atoms with Gasteiger partial charge in [-0.2, -0.15) is 0 Å². The summed E-state index contributed by atoms with van der Waals surface area (Å²) in [4.78, 5) is 14.2. The van der Waals surface area contributed by atoms with Crippen molar-refractivity contribution >= 4 is 5.91 Å². The Balaban J connectivity index is 1.36. The van der Waals surface area contributed by atoms with Crippen LogP contribution in [0.15, 0.2) is 0 Å². The molecule has 4 aliphatic carbocycles. The van der Waals surface area contributed by atoms with Gasteiger partial charge in [0.1, 0.15) is 6.10 Å². The van der Waals surface area contributed by atoms with E-state index in [0.29, 0.717) is 23.2 Å². The Labute approximate surface area is 199 Å². The Kier molecular flexibility index (Phi) is 6.38. The molecular weight excluding hydrogens is 416 g/mol. The van der Waals surface area contributed by atoms with Gasteiger partial charge in [-0.25, -0.2) is 0 Å². The SMILES string of the molecule is CC(C(O)C(N)=O)[C@H]1CC[C@H]2[C@@H]3CCC4CC(O)C(N5CCOCC5)C[C@]4(C)[C@H]3CC[C@]12C. The van der Waals surface area contributed by atoms with Gasteiger partial charge in [0.15, 0.2) is 0 Å². The topological polar surface area (TPSA) is 96.0 Å². The second-order valence-electron chi connectivity index (χ2n) is 12.8. The minimum Gasteiger partial charge on any atom is -0.391 e. The lowest BCUT2D eigenvalue weighted by molar-refractivity contribution is -0.157. The van der Waals surface area contributed by atoms with Crippen LogP contribution in [0, 0.1) is 46.3 Å². The summed E-state index contributed by atoms with van der Waals surface area (Å²) in [5.41, 5.74) is 5.96. The maximum absolute atomic E-state index is 11.7. The standard InChI is InChI=1S/C27H46N2O4/c1-16(24(31)25(28)32)19-6-7-20-18-5-4-17-14-23(30)22(29-10-12-33-13-11-29)15-27(17,3)21(18)8-9-26(19,20)2/h16-24,30-31H,4-15H2,1-3H3,(H2,28,32)/t16?,17?,18-,19+,20-,21-,22?,23?,24?,26+,27-/m0/s1. The maximum atomic E-state index is 11.7. The fourth-order valence-electron chi connectivity index (χ4n) is 9.94. The zero-order chi connectivity index (χ0) is 23.5. The zero-order valence-corrected chi connectivity index (χ0v) is 20.9. The molecule has 1 aliphatic heterocycles. The van der Waals surface area contributed by atoms with Gasteiger partial charge in [0.05, 0.1) is 19.3 Å². The van der Waals surface area contributed by atoms with E-state index in [2.05, 4.69) is 18.7 Å². The molecule has 4 saturated carbocycles. The van der Waals surface area contributed by atoms with Gasteiger partial charge < -0.3 is 20.7 Å². The Morgan fingerprint density at radius 1 is 1.06 bits per heavy atom. The van der Waals surface area contributed by atoms with Crippen LogP contribution >= 0.6 is 0 Å². The number of rotatable bonds is 4. The molecule has 0 bridgehead atoms. The van der Waals surface area contributed by atoms with Gasteiger partial charge in [-0.15, -0.1) is 0 Å². The van der Waals surface area contributed by atoms with Gasteiger partial charge in [0, 0.05) is 19.1 Å². The number of ether oxygens (including phenoxy) is 1. The number of morpholine rings is 1. The molecule has 188 valence electrons. The van der Waals surface area contributed by atoms with Gasteiger partial charge in [0.25, 0.3) is 0 Å². The zero-order valence-electron chi connectivity index (χ0n) is 20.9. The smallest absolute Gasteiger partial charge is 0.246 e. The quantitative estimate of drug-likeness (QED) is 0.597. The number of hydrogen-bond acceptors (Lipinski definition) is 5. The highest BCUT2D eigenvalue weighted by Gasteiger charge is 2.62. The van der Waals surface area contributed by atoms with Crippen LogP contribution in [0.4, 0.5) is 0 Å². The third-order valence-corrected chi connectivity index (χ3v) is 11.7. The minimum atomic E-state index is -1.04. The average molecular weight is 463 g/mol. The monoisotopic (exact) mass is 462 g/mol. The molecule has 1 saturated heterocycles. The Morgan fingerprint density at radius 2 is 1.76 bits per heavy atom. The summed E-state index contributed by atoms with van der Waals surface area (Å²) in [6.07, 6.45) is 8.08. The highest BCUT2D eigenvalue weighted by Crippen LogP contribution is 2.68. The normalized spacial score (nSPS) is 50.0. The number of nitrogens with two attached hydrogens (primary N) is 1. The summed E-state index contributed by atoms with van der Waals surface area (Å²) >= 11 is 0. The summed E-state index contributed by atoms with van der Waals surface area (Å²) < 4.78 is 5.59. The molecule has 0 aromatic rings. The lowest BCUT2D eigenvalue weighted by Crippen LogP contribution is -2.61. The molecule has 5 fully saturated rings. The van der Waals surface area contributed by atoms with Gasteiger partial charge in [-0.05, 0) is 97.7 Å².